The third-order valence-electron chi connectivity index (χ3n) is 3.33. The zero-order chi connectivity index (χ0) is 14.2. The molecule has 0 aliphatic carbocycles. The van der Waals surface area contributed by atoms with Crippen molar-refractivity contribution in [3.05, 3.63) is 29.8 Å². The lowest BCUT2D eigenvalue weighted by molar-refractivity contribution is -0.0530. The van der Waals surface area contributed by atoms with Gasteiger partial charge in [-0.15, -0.1) is 0 Å². The Hall–Kier alpha value is -1.10. The molecule has 1 saturated heterocycles. The monoisotopic (exact) mass is 279 g/mol. The zero-order valence-electron chi connectivity index (χ0n) is 12.4. The molecule has 1 atom stereocenters. The minimum atomic E-state index is -0.113. The Bertz CT molecular complexity index is 391. The Morgan fingerprint density at radius 1 is 1.25 bits per heavy atom. The van der Waals surface area contributed by atoms with Crippen molar-refractivity contribution in [2.45, 2.75) is 39.0 Å². The number of nitrogens with one attached hydrogen (secondary N) is 1. The van der Waals surface area contributed by atoms with Crippen LogP contribution in [0.1, 0.15) is 38.3 Å². The first-order valence-electron chi connectivity index (χ1n) is 7.53. The Kier molecular flexibility index (Phi) is 6.30. The summed E-state index contributed by atoms with van der Waals surface area (Å²) >= 11 is 0. The lowest BCUT2D eigenvalue weighted by Crippen LogP contribution is -2.26. The summed E-state index contributed by atoms with van der Waals surface area (Å²) in [5.74, 6) is 0.957. The summed E-state index contributed by atoms with van der Waals surface area (Å²) < 4.78 is 17.0. The predicted molar refractivity (Wildman–Crippen MR) is 79.0 cm³/mol. The lowest BCUT2D eigenvalue weighted by Gasteiger charge is -2.23. The van der Waals surface area contributed by atoms with Crippen molar-refractivity contribution >= 4 is 0 Å². The van der Waals surface area contributed by atoms with Crippen LogP contribution >= 0.6 is 0 Å². The van der Waals surface area contributed by atoms with Crippen molar-refractivity contribution in [2.75, 3.05) is 26.4 Å². The van der Waals surface area contributed by atoms with Gasteiger partial charge in [0, 0.05) is 18.0 Å². The Morgan fingerprint density at radius 2 is 2.00 bits per heavy atom. The van der Waals surface area contributed by atoms with Gasteiger partial charge in [-0.25, -0.2) is 0 Å². The highest BCUT2D eigenvalue weighted by Gasteiger charge is 2.24. The van der Waals surface area contributed by atoms with Crippen LogP contribution in [0.5, 0.6) is 5.75 Å². The van der Waals surface area contributed by atoms with Gasteiger partial charge in [0.25, 0.3) is 0 Å². The fraction of sp³-hybridized carbons (Fsp3) is 0.625. The van der Waals surface area contributed by atoms with Crippen LogP contribution in [0.2, 0.25) is 0 Å². The molecule has 1 aliphatic heterocycles. The topological polar surface area (TPSA) is 39.7 Å². The van der Waals surface area contributed by atoms with Crippen molar-refractivity contribution in [2.24, 2.45) is 0 Å². The van der Waals surface area contributed by atoms with E-state index >= 15 is 0 Å². The SMILES string of the molecule is CCCOc1ccccc1C(CC1OCCO1)NCC. The largest absolute Gasteiger partial charge is 0.493 e. The number of benzene rings is 1. The third kappa shape index (κ3) is 4.20. The Labute approximate surface area is 121 Å². The molecule has 1 aromatic carbocycles. The molecule has 4 nitrogen and oxygen atoms in total. The van der Waals surface area contributed by atoms with E-state index in [1.54, 1.807) is 0 Å². The maximum Gasteiger partial charge on any atom is 0.159 e. The van der Waals surface area contributed by atoms with Gasteiger partial charge in [0.05, 0.1) is 19.8 Å². The normalized spacial score (nSPS) is 17.3. The van der Waals surface area contributed by atoms with Crippen LogP contribution in [-0.2, 0) is 9.47 Å². The highest BCUT2D eigenvalue weighted by atomic mass is 16.7. The summed E-state index contributed by atoms with van der Waals surface area (Å²) in [5.41, 5.74) is 1.18. The first-order valence-corrected chi connectivity index (χ1v) is 7.53. The molecule has 0 aromatic heterocycles. The first-order chi connectivity index (χ1) is 9.85. The molecule has 1 aromatic rings. The van der Waals surface area contributed by atoms with Crippen molar-refractivity contribution in [3.63, 3.8) is 0 Å². The molecule has 1 aliphatic rings. The van der Waals surface area contributed by atoms with E-state index in [0.29, 0.717) is 13.2 Å². The van der Waals surface area contributed by atoms with Crippen LogP contribution in [0.15, 0.2) is 24.3 Å². The van der Waals surface area contributed by atoms with Crippen LogP contribution in [0.3, 0.4) is 0 Å². The number of hydrogen-bond acceptors (Lipinski definition) is 4. The molecule has 0 radical (unpaired) electrons. The molecule has 1 fully saturated rings. The van der Waals surface area contributed by atoms with Crippen LogP contribution in [-0.4, -0.2) is 32.7 Å². The molecular weight excluding hydrogens is 254 g/mol. The van der Waals surface area contributed by atoms with Gasteiger partial charge in [-0.2, -0.15) is 0 Å². The molecule has 0 amide bonds. The van der Waals surface area contributed by atoms with Gasteiger partial charge in [-0.1, -0.05) is 32.0 Å². The summed E-state index contributed by atoms with van der Waals surface area (Å²) in [6, 6.07) is 8.41. The maximum atomic E-state index is 5.86. The van der Waals surface area contributed by atoms with E-state index in [2.05, 4.69) is 31.3 Å². The number of rotatable bonds is 8. The minimum absolute atomic E-state index is 0.113. The number of hydrogen-bond donors (Lipinski definition) is 1. The minimum Gasteiger partial charge on any atom is -0.493 e. The molecule has 1 heterocycles. The van der Waals surface area contributed by atoms with Gasteiger partial charge in [0.1, 0.15) is 5.75 Å². The van der Waals surface area contributed by atoms with Crippen LogP contribution < -0.4 is 10.1 Å². The standard InChI is InChI=1S/C16H25NO3/c1-3-9-18-15-8-6-5-7-13(15)14(17-4-2)12-16-19-10-11-20-16/h5-8,14,16-17H,3-4,9-12H2,1-2H3. The second-order valence-corrected chi connectivity index (χ2v) is 4.90. The summed E-state index contributed by atoms with van der Waals surface area (Å²) in [6.45, 7) is 7.25. The van der Waals surface area contributed by atoms with E-state index in [-0.39, 0.29) is 12.3 Å². The first kappa shape index (κ1) is 15.3. The molecule has 20 heavy (non-hydrogen) atoms. The van der Waals surface area contributed by atoms with E-state index in [1.807, 2.05) is 12.1 Å². The smallest absolute Gasteiger partial charge is 0.159 e. The molecule has 1 unspecified atom stereocenters. The van der Waals surface area contributed by atoms with Crippen molar-refractivity contribution in [1.29, 1.82) is 0 Å². The summed E-state index contributed by atoms with van der Waals surface area (Å²) in [4.78, 5) is 0. The molecule has 0 saturated carbocycles. The number of ether oxygens (including phenoxy) is 3. The fourth-order valence-corrected chi connectivity index (χ4v) is 2.41. The highest BCUT2D eigenvalue weighted by molar-refractivity contribution is 5.36. The van der Waals surface area contributed by atoms with Crippen molar-refractivity contribution in [1.82, 2.24) is 5.32 Å². The zero-order valence-corrected chi connectivity index (χ0v) is 12.4. The fourth-order valence-electron chi connectivity index (χ4n) is 2.41. The molecular formula is C16H25NO3. The van der Waals surface area contributed by atoms with Crippen LogP contribution in [0, 0.1) is 0 Å². The van der Waals surface area contributed by atoms with E-state index in [0.717, 1.165) is 31.7 Å². The third-order valence-corrected chi connectivity index (χ3v) is 3.33. The van der Waals surface area contributed by atoms with E-state index in [1.165, 1.54) is 5.56 Å². The summed E-state index contributed by atoms with van der Waals surface area (Å²) in [6.07, 6.45) is 1.70. The van der Waals surface area contributed by atoms with Crippen molar-refractivity contribution < 1.29 is 14.2 Å². The van der Waals surface area contributed by atoms with Gasteiger partial charge in [0.2, 0.25) is 0 Å². The second-order valence-electron chi connectivity index (χ2n) is 4.90. The van der Waals surface area contributed by atoms with E-state index < -0.39 is 0 Å². The molecule has 112 valence electrons. The quantitative estimate of drug-likeness (QED) is 0.794. The van der Waals surface area contributed by atoms with E-state index in [4.69, 9.17) is 14.2 Å². The van der Waals surface area contributed by atoms with Gasteiger partial charge < -0.3 is 19.5 Å². The summed E-state index contributed by atoms with van der Waals surface area (Å²) in [5, 5.41) is 3.50. The summed E-state index contributed by atoms with van der Waals surface area (Å²) in [7, 11) is 0. The van der Waals surface area contributed by atoms with Gasteiger partial charge in [-0.3, -0.25) is 0 Å². The highest BCUT2D eigenvalue weighted by Crippen LogP contribution is 2.29. The molecule has 0 bridgehead atoms. The average Bonchev–Trinajstić information content (AvgIpc) is 2.98. The van der Waals surface area contributed by atoms with Gasteiger partial charge in [0.15, 0.2) is 6.29 Å². The Balaban J connectivity index is 2.10. The number of para-hydroxylation sites is 1. The molecule has 4 heteroatoms. The van der Waals surface area contributed by atoms with Crippen LogP contribution in [0.4, 0.5) is 0 Å². The Morgan fingerprint density at radius 3 is 2.70 bits per heavy atom. The maximum absolute atomic E-state index is 5.86. The molecule has 0 spiro atoms. The van der Waals surface area contributed by atoms with E-state index in [9.17, 15) is 0 Å². The van der Waals surface area contributed by atoms with Gasteiger partial charge in [-0.05, 0) is 19.0 Å². The predicted octanol–water partition coefficient (Wildman–Crippen LogP) is 2.89. The average molecular weight is 279 g/mol. The molecule has 2 rings (SSSR count). The molecule has 1 N–H and O–H groups in total. The van der Waals surface area contributed by atoms with Crippen LogP contribution in [0.25, 0.3) is 0 Å². The second kappa shape index (κ2) is 8.25. The van der Waals surface area contributed by atoms with Gasteiger partial charge >= 0.3 is 0 Å². The lowest BCUT2D eigenvalue weighted by atomic mass is 10.0. The van der Waals surface area contributed by atoms with Crippen molar-refractivity contribution in [3.8, 4) is 5.75 Å².